The van der Waals surface area contributed by atoms with Crippen molar-refractivity contribution in [1.82, 2.24) is 4.57 Å². The van der Waals surface area contributed by atoms with Crippen LogP contribution in [0.15, 0.2) is 188 Å². The number of carbonyl (C=O) groups is 2. The number of nitrogens with zero attached hydrogens (tertiary/aromatic N) is 3. The quantitative estimate of drug-likeness (QED) is 0.161. The predicted molar refractivity (Wildman–Crippen MR) is 225 cm³/mol. The number of hydrogen-bond acceptors (Lipinski definition) is 3. The normalized spacial score (nSPS) is 12.3. The zero-order valence-corrected chi connectivity index (χ0v) is 30.1. The van der Waals surface area contributed by atoms with Gasteiger partial charge in [0.15, 0.2) is 0 Å². The molecule has 10 rings (SSSR count). The van der Waals surface area contributed by atoms with Crippen molar-refractivity contribution in [2.75, 3.05) is 4.90 Å². The maximum atomic E-state index is 15.4. The molecule has 2 amide bonds. The highest BCUT2D eigenvalue weighted by atomic mass is 16.2. The van der Waals surface area contributed by atoms with Crippen LogP contribution in [0.5, 0.6) is 0 Å². The number of para-hydroxylation sites is 2. The molecule has 0 N–H and O–H groups in total. The van der Waals surface area contributed by atoms with E-state index in [2.05, 4.69) is 59.2 Å². The predicted octanol–water partition coefficient (Wildman–Crippen LogP) is 12.1. The summed E-state index contributed by atoms with van der Waals surface area (Å²) in [6, 6.07) is 64.0. The largest absolute Gasteiger partial charge is 0.308 e. The summed E-state index contributed by atoms with van der Waals surface area (Å²) in [5.74, 6) is -0.758. The van der Waals surface area contributed by atoms with Gasteiger partial charge in [-0.2, -0.15) is 5.26 Å². The fourth-order valence-corrected chi connectivity index (χ4v) is 8.23. The molecule has 0 unspecified atom stereocenters. The first kappa shape index (κ1) is 32.8. The second kappa shape index (κ2) is 13.2. The van der Waals surface area contributed by atoms with Crippen LogP contribution >= 0.6 is 0 Å². The van der Waals surface area contributed by atoms with Crippen LogP contribution in [0.3, 0.4) is 0 Å². The Morgan fingerprint density at radius 2 is 0.964 bits per heavy atom. The number of anilines is 1. The Morgan fingerprint density at radius 1 is 0.429 bits per heavy atom. The highest BCUT2D eigenvalue weighted by molar-refractivity contribution is 6.37. The Hall–Kier alpha value is -7.81. The molecule has 8 aromatic carbocycles. The van der Waals surface area contributed by atoms with Crippen LogP contribution in [0, 0.1) is 11.3 Å². The summed E-state index contributed by atoms with van der Waals surface area (Å²) in [5, 5.41) is 11.6. The third kappa shape index (κ3) is 5.16. The third-order valence-corrected chi connectivity index (χ3v) is 10.8. The van der Waals surface area contributed by atoms with Crippen molar-refractivity contribution in [2.24, 2.45) is 0 Å². The number of imide groups is 1. The van der Waals surface area contributed by atoms with Gasteiger partial charge in [-0.05, 0) is 70.3 Å². The molecule has 0 saturated heterocycles. The van der Waals surface area contributed by atoms with E-state index in [4.69, 9.17) is 0 Å². The number of carbonyl (C=O) groups excluding carboxylic acids is 2. The van der Waals surface area contributed by atoms with Gasteiger partial charge in [-0.1, -0.05) is 146 Å². The van der Waals surface area contributed by atoms with Gasteiger partial charge in [0.2, 0.25) is 0 Å². The minimum Gasteiger partial charge on any atom is -0.308 e. The lowest BCUT2D eigenvalue weighted by Crippen LogP contribution is -2.30. The number of nitriles is 1. The number of benzene rings is 8. The highest BCUT2D eigenvalue weighted by Crippen LogP contribution is 2.47. The Bertz CT molecular complexity index is 2990. The molecule has 0 fully saturated rings. The molecular formula is C51H31N3O2. The molecule has 5 heteroatoms. The van der Waals surface area contributed by atoms with E-state index in [0.29, 0.717) is 28.1 Å². The van der Waals surface area contributed by atoms with Crippen LogP contribution in [0.4, 0.5) is 5.69 Å². The molecule has 0 spiro atoms. The van der Waals surface area contributed by atoms with Crippen molar-refractivity contribution in [2.45, 2.75) is 0 Å². The van der Waals surface area contributed by atoms with Crippen LogP contribution in [0.2, 0.25) is 0 Å². The SMILES string of the molecule is N#Cc1ccc(-c2cccc3c4ccccc4n(-c4cccc5c4C(=O)N(c4c(-c6ccccc6)cc(-c6ccccc6)cc4-c4ccccc4)C5=O)c23)cc1. The molecule has 1 aliphatic rings. The number of amides is 2. The Morgan fingerprint density at radius 3 is 1.61 bits per heavy atom. The van der Waals surface area contributed by atoms with Crippen molar-refractivity contribution < 1.29 is 9.59 Å². The molecule has 0 bridgehead atoms. The summed E-state index contributed by atoms with van der Waals surface area (Å²) in [6.45, 7) is 0. The van der Waals surface area contributed by atoms with Crippen molar-refractivity contribution in [3.05, 3.63) is 205 Å². The number of fused-ring (bicyclic) bond motifs is 4. The van der Waals surface area contributed by atoms with Gasteiger partial charge >= 0.3 is 0 Å². The highest BCUT2D eigenvalue weighted by Gasteiger charge is 2.42. The summed E-state index contributed by atoms with van der Waals surface area (Å²) in [5.41, 5.74) is 11.5. The molecule has 56 heavy (non-hydrogen) atoms. The van der Waals surface area contributed by atoms with Gasteiger partial charge in [0.25, 0.3) is 11.8 Å². The van der Waals surface area contributed by atoms with E-state index in [1.165, 1.54) is 4.90 Å². The smallest absolute Gasteiger partial charge is 0.268 e. The van der Waals surface area contributed by atoms with Crippen LogP contribution < -0.4 is 4.90 Å². The average Bonchev–Trinajstić information content (AvgIpc) is 3.74. The first-order valence-corrected chi connectivity index (χ1v) is 18.5. The van der Waals surface area contributed by atoms with E-state index >= 15 is 4.79 Å². The Labute approximate surface area is 323 Å². The molecule has 0 saturated carbocycles. The maximum Gasteiger partial charge on any atom is 0.268 e. The molecule has 262 valence electrons. The standard InChI is InChI=1S/C51H31N3O2/c52-32-33-26-28-37(29-27-33)39-21-12-22-41-40-20-10-11-24-45(40)53(48(39)41)46-25-13-23-42-47(46)51(56)54(50(42)55)49-43(35-16-6-2-7-17-35)30-38(34-14-4-1-5-15-34)31-44(49)36-18-8-3-9-19-36/h1-31H. The van der Waals surface area contributed by atoms with E-state index in [1.807, 2.05) is 133 Å². The maximum absolute atomic E-state index is 15.4. The van der Waals surface area contributed by atoms with Gasteiger partial charge in [-0.3, -0.25) is 9.59 Å². The third-order valence-electron chi connectivity index (χ3n) is 10.8. The van der Waals surface area contributed by atoms with Crippen LogP contribution in [-0.4, -0.2) is 16.4 Å². The fourth-order valence-electron chi connectivity index (χ4n) is 8.23. The number of rotatable bonds is 6. The van der Waals surface area contributed by atoms with Gasteiger partial charge in [0.1, 0.15) is 0 Å². The topological polar surface area (TPSA) is 66.1 Å². The molecular weight excluding hydrogens is 687 g/mol. The van der Waals surface area contributed by atoms with Crippen LogP contribution in [-0.2, 0) is 0 Å². The lowest BCUT2D eigenvalue weighted by Gasteiger charge is -2.24. The monoisotopic (exact) mass is 717 g/mol. The van der Waals surface area contributed by atoms with Gasteiger partial charge < -0.3 is 4.57 Å². The molecule has 9 aromatic rings. The second-order valence-corrected chi connectivity index (χ2v) is 13.9. The molecule has 1 aliphatic heterocycles. The number of aromatic nitrogens is 1. The Kier molecular flexibility index (Phi) is 7.76. The van der Waals surface area contributed by atoms with Crippen molar-refractivity contribution in [3.63, 3.8) is 0 Å². The summed E-state index contributed by atoms with van der Waals surface area (Å²) in [6.07, 6.45) is 0. The lowest BCUT2D eigenvalue weighted by atomic mass is 9.90. The van der Waals surface area contributed by atoms with Gasteiger partial charge in [0, 0.05) is 27.5 Å². The number of hydrogen-bond donors (Lipinski definition) is 0. The molecule has 1 aromatic heterocycles. The van der Waals surface area contributed by atoms with Gasteiger partial charge in [-0.25, -0.2) is 4.90 Å². The summed E-state index contributed by atoms with van der Waals surface area (Å²) < 4.78 is 2.13. The summed E-state index contributed by atoms with van der Waals surface area (Å²) >= 11 is 0. The second-order valence-electron chi connectivity index (χ2n) is 13.9. The van der Waals surface area contributed by atoms with E-state index in [9.17, 15) is 10.1 Å². The molecule has 0 radical (unpaired) electrons. The summed E-state index contributed by atoms with van der Waals surface area (Å²) in [7, 11) is 0. The van der Waals surface area contributed by atoms with Crippen LogP contribution in [0.1, 0.15) is 26.3 Å². The van der Waals surface area contributed by atoms with E-state index in [-0.39, 0.29) is 11.8 Å². The first-order valence-electron chi connectivity index (χ1n) is 18.5. The van der Waals surface area contributed by atoms with Crippen molar-refractivity contribution in [1.29, 1.82) is 5.26 Å². The summed E-state index contributed by atoms with van der Waals surface area (Å²) in [4.78, 5) is 31.8. The average molecular weight is 718 g/mol. The Balaban J connectivity index is 1.24. The van der Waals surface area contributed by atoms with Crippen molar-refractivity contribution >= 4 is 39.3 Å². The van der Waals surface area contributed by atoms with Gasteiger partial charge in [-0.15, -0.1) is 0 Å². The molecule has 5 nitrogen and oxygen atoms in total. The molecule has 2 heterocycles. The zero-order chi connectivity index (χ0) is 37.8. The van der Waals surface area contributed by atoms with Gasteiger partial charge in [0.05, 0.1) is 45.2 Å². The first-order chi connectivity index (χ1) is 27.6. The molecule has 0 atom stereocenters. The van der Waals surface area contributed by atoms with E-state index < -0.39 is 0 Å². The minimum absolute atomic E-state index is 0.347. The lowest BCUT2D eigenvalue weighted by molar-refractivity contribution is 0.0926. The zero-order valence-electron chi connectivity index (χ0n) is 30.1. The van der Waals surface area contributed by atoms with E-state index in [0.717, 1.165) is 66.3 Å². The van der Waals surface area contributed by atoms with Crippen molar-refractivity contribution in [3.8, 4) is 56.3 Å². The minimum atomic E-state index is -0.385. The van der Waals surface area contributed by atoms with Crippen LogP contribution in [0.25, 0.3) is 72.0 Å². The fraction of sp³-hybridized carbons (Fsp3) is 0. The molecule has 0 aliphatic carbocycles. The van der Waals surface area contributed by atoms with E-state index in [1.54, 1.807) is 6.07 Å².